The van der Waals surface area contributed by atoms with Crippen molar-refractivity contribution in [1.82, 2.24) is 10.6 Å². The maximum Gasteiger partial charge on any atom is 0.323 e. The first-order valence-corrected chi connectivity index (χ1v) is 9.26. The minimum absolute atomic E-state index is 0.0885. The Hall–Kier alpha value is -3.29. The molecule has 2 heterocycles. The van der Waals surface area contributed by atoms with Crippen LogP contribution in [-0.4, -0.2) is 30.4 Å². The van der Waals surface area contributed by atoms with Crippen LogP contribution < -0.4 is 20.9 Å². The molecular formula is C20H24N4O4. The largest absolute Gasteiger partial charge is 0.467 e. The third-order valence-corrected chi connectivity index (χ3v) is 4.81. The number of fused-ring (bicyclic) bond motifs is 1. The second-order valence-electron chi connectivity index (χ2n) is 6.76. The number of carbonyl (C=O) groups excluding carboxylic acids is 3. The number of para-hydroxylation sites is 2. The number of nitrogens with zero attached hydrogens (tertiary/aromatic N) is 1. The lowest BCUT2D eigenvalue weighted by molar-refractivity contribution is -0.124. The molecule has 0 unspecified atom stereocenters. The Morgan fingerprint density at radius 3 is 2.75 bits per heavy atom. The highest BCUT2D eigenvalue weighted by atomic mass is 16.3. The molecule has 8 heteroatoms. The topological polar surface area (TPSA) is 104 Å². The second kappa shape index (κ2) is 8.60. The first-order valence-electron chi connectivity index (χ1n) is 9.26. The molecule has 1 aromatic heterocycles. The van der Waals surface area contributed by atoms with Crippen LogP contribution in [0.15, 0.2) is 47.1 Å². The number of furan rings is 1. The first-order chi connectivity index (χ1) is 13.5. The van der Waals surface area contributed by atoms with E-state index in [2.05, 4.69) is 16.0 Å². The van der Waals surface area contributed by atoms with Gasteiger partial charge in [0.05, 0.1) is 24.2 Å². The molecule has 0 bridgehead atoms. The minimum Gasteiger partial charge on any atom is -0.467 e. The second-order valence-corrected chi connectivity index (χ2v) is 6.76. The highest BCUT2D eigenvalue weighted by Gasteiger charge is 2.31. The van der Waals surface area contributed by atoms with Gasteiger partial charge in [-0.15, -0.1) is 0 Å². The summed E-state index contributed by atoms with van der Waals surface area (Å²) in [5, 5.41) is 8.32. The van der Waals surface area contributed by atoms with Crippen LogP contribution in [0.25, 0.3) is 0 Å². The average Bonchev–Trinajstić information content (AvgIpc) is 3.22. The van der Waals surface area contributed by atoms with E-state index in [0.29, 0.717) is 23.6 Å². The SMILES string of the molecule is CC[C@H](C)[C@@H](NC(=O)N1CC(=O)Nc2ccccc21)C(=O)NCc1ccco1. The number of rotatable bonds is 6. The first kappa shape index (κ1) is 19.5. The molecule has 3 N–H and O–H groups in total. The van der Waals surface area contributed by atoms with E-state index in [1.165, 1.54) is 11.2 Å². The zero-order valence-electron chi connectivity index (χ0n) is 15.9. The third-order valence-electron chi connectivity index (χ3n) is 4.81. The van der Waals surface area contributed by atoms with Gasteiger partial charge in [-0.2, -0.15) is 0 Å². The molecule has 0 radical (unpaired) electrons. The summed E-state index contributed by atoms with van der Waals surface area (Å²) in [4.78, 5) is 38.9. The van der Waals surface area contributed by atoms with E-state index in [0.717, 1.165) is 0 Å². The normalized spacial score (nSPS) is 15.2. The van der Waals surface area contributed by atoms with Gasteiger partial charge in [0.2, 0.25) is 11.8 Å². The van der Waals surface area contributed by atoms with Gasteiger partial charge in [-0.05, 0) is 30.2 Å². The molecule has 0 fully saturated rings. The molecule has 0 saturated carbocycles. The maximum absolute atomic E-state index is 12.9. The number of benzene rings is 1. The van der Waals surface area contributed by atoms with Gasteiger partial charge in [-0.3, -0.25) is 14.5 Å². The molecule has 148 valence electrons. The van der Waals surface area contributed by atoms with Crippen molar-refractivity contribution in [1.29, 1.82) is 0 Å². The van der Waals surface area contributed by atoms with Crippen LogP contribution in [0.1, 0.15) is 26.0 Å². The third kappa shape index (κ3) is 4.33. The van der Waals surface area contributed by atoms with Gasteiger partial charge in [-0.25, -0.2) is 4.79 Å². The summed E-state index contributed by atoms with van der Waals surface area (Å²) in [6, 6.07) is 9.35. The molecule has 0 spiro atoms. The Kier molecular flexibility index (Phi) is 5.98. The molecule has 0 saturated heterocycles. The lowest BCUT2D eigenvalue weighted by Gasteiger charge is -2.31. The van der Waals surface area contributed by atoms with Crippen LogP contribution in [0.2, 0.25) is 0 Å². The Morgan fingerprint density at radius 1 is 1.25 bits per heavy atom. The smallest absolute Gasteiger partial charge is 0.323 e. The lowest BCUT2D eigenvalue weighted by Crippen LogP contribution is -2.55. The van der Waals surface area contributed by atoms with Gasteiger partial charge in [0, 0.05) is 0 Å². The van der Waals surface area contributed by atoms with E-state index in [1.54, 1.807) is 36.4 Å². The van der Waals surface area contributed by atoms with Crippen LogP contribution in [-0.2, 0) is 16.1 Å². The molecule has 1 aliphatic rings. The summed E-state index contributed by atoms with van der Waals surface area (Å²) in [5.74, 6) is -0.0383. The molecule has 1 aliphatic heterocycles. The molecule has 8 nitrogen and oxygen atoms in total. The molecule has 2 atom stereocenters. The summed E-state index contributed by atoms with van der Waals surface area (Å²) in [7, 11) is 0. The van der Waals surface area contributed by atoms with Crippen molar-refractivity contribution < 1.29 is 18.8 Å². The monoisotopic (exact) mass is 384 g/mol. The van der Waals surface area contributed by atoms with Gasteiger partial charge in [-0.1, -0.05) is 32.4 Å². The van der Waals surface area contributed by atoms with E-state index < -0.39 is 12.1 Å². The quantitative estimate of drug-likeness (QED) is 0.712. The van der Waals surface area contributed by atoms with Gasteiger partial charge in [0.1, 0.15) is 18.3 Å². The Labute approximate surface area is 163 Å². The zero-order chi connectivity index (χ0) is 20.1. The summed E-state index contributed by atoms with van der Waals surface area (Å²) in [6.45, 7) is 3.98. The van der Waals surface area contributed by atoms with Gasteiger partial charge in [0.15, 0.2) is 0 Å². The van der Waals surface area contributed by atoms with Gasteiger partial charge < -0.3 is 20.4 Å². The van der Waals surface area contributed by atoms with E-state index in [1.807, 2.05) is 13.8 Å². The Bertz CT molecular complexity index is 850. The van der Waals surface area contributed by atoms with E-state index >= 15 is 0 Å². The summed E-state index contributed by atoms with van der Waals surface area (Å²) in [5.41, 5.74) is 1.16. The summed E-state index contributed by atoms with van der Waals surface area (Å²) < 4.78 is 5.22. The fraction of sp³-hybridized carbons (Fsp3) is 0.350. The summed E-state index contributed by atoms with van der Waals surface area (Å²) >= 11 is 0. The molecule has 3 rings (SSSR count). The number of amides is 4. The predicted octanol–water partition coefficient (Wildman–Crippen LogP) is 2.48. The average molecular weight is 384 g/mol. The van der Waals surface area contributed by atoms with Crippen LogP contribution in [0.3, 0.4) is 0 Å². The summed E-state index contributed by atoms with van der Waals surface area (Å²) in [6.07, 6.45) is 2.24. The van der Waals surface area contributed by atoms with Crippen molar-refractivity contribution in [3.8, 4) is 0 Å². The number of nitrogens with one attached hydrogen (secondary N) is 3. The number of carbonyl (C=O) groups is 3. The fourth-order valence-corrected chi connectivity index (χ4v) is 3.02. The van der Waals surface area contributed by atoms with Crippen LogP contribution in [0.5, 0.6) is 0 Å². The van der Waals surface area contributed by atoms with E-state index in [-0.39, 0.29) is 30.8 Å². The molecule has 1 aromatic carbocycles. The molecule has 0 aliphatic carbocycles. The van der Waals surface area contributed by atoms with Crippen LogP contribution in [0, 0.1) is 5.92 Å². The molecule has 4 amide bonds. The van der Waals surface area contributed by atoms with Crippen LogP contribution >= 0.6 is 0 Å². The van der Waals surface area contributed by atoms with Crippen molar-refractivity contribution in [2.24, 2.45) is 5.92 Å². The van der Waals surface area contributed by atoms with Gasteiger partial charge >= 0.3 is 6.03 Å². The van der Waals surface area contributed by atoms with Crippen molar-refractivity contribution >= 4 is 29.2 Å². The Balaban J connectivity index is 1.72. The van der Waals surface area contributed by atoms with E-state index in [4.69, 9.17) is 4.42 Å². The predicted molar refractivity (Wildman–Crippen MR) is 105 cm³/mol. The van der Waals surface area contributed by atoms with Gasteiger partial charge in [0.25, 0.3) is 0 Å². The highest BCUT2D eigenvalue weighted by Crippen LogP contribution is 2.29. The van der Waals surface area contributed by atoms with Crippen molar-refractivity contribution in [3.63, 3.8) is 0 Å². The Morgan fingerprint density at radius 2 is 2.04 bits per heavy atom. The lowest BCUT2D eigenvalue weighted by atomic mass is 9.98. The number of hydrogen-bond acceptors (Lipinski definition) is 4. The van der Waals surface area contributed by atoms with Crippen molar-refractivity contribution in [2.75, 3.05) is 16.8 Å². The van der Waals surface area contributed by atoms with Crippen molar-refractivity contribution in [2.45, 2.75) is 32.9 Å². The maximum atomic E-state index is 12.9. The standard InChI is InChI=1S/C20H24N4O4/c1-3-13(2)18(19(26)21-11-14-7-6-10-28-14)23-20(27)24-12-17(25)22-15-8-4-5-9-16(15)24/h4-10,13,18H,3,11-12H2,1-2H3,(H,21,26)(H,22,25)(H,23,27)/t13-,18+/m0/s1. The highest BCUT2D eigenvalue weighted by molar-refractivity contribution is 6.10. The minimum atomic E-state index is -0.732. The van der Waals surface area contributed by atoms with Crippen molar-refractivity contribution in [3.05, 3.63) is 48.4 Å². The molecular weight excluding hydrogens is 360 g/mol. The molecule has 28 heavy (non-hydrogen) atoms. The molecule has 2 aromatic rings. The zero-order valence-corrected chi connectivity index (χ0v) is 15.9. The van der Waals surface area contributed by atoms with E-state index in [9.17, 15) is 14.4 Å². The number of hydrogen-bond donors (Lipinski definition) is 3. The fourth-order valence-electron chi connectivity index (χ4n) is 3.02. The number of anilines is 2. The van der Waals surface area contributed by atoms with Crippen LogP contribution in [0.4, 0.5) is 16.2 Å². The number of urea groups is 1.